The smallest absolute Gasteiger partial charge is 0.231 e. The summed E-state index contributed by atoms with van der Waals surface area (Å²) in [5, 5.41) is 9.88. The third kappa shape index (κ3) is 2.10. The fourth-order valence-electron chi connectivity index (χ4n) is 2.51. The number of aromatic hydroxyl groups is 1. The van der Waals surface area contributed by atoms with Crippen molar-refractivity contribution in [3.63, 3.8) is 0 Å². The number of fused-ring (bicyclic) bond motifs is 2. The summed E-state index contributed by atoms with van der Waals surface area (Å²) in [6.07, 6.45) is 2.66. The minimum atomic E-state index is -0.340. The normalized spacial score (nSPS) is 15.0. The Morgan fingerprint density at radius 1 is 1.04 bits per heavy atom. The number of hydrogen-bond acceptors (Lipinski definition) is 5. The van der Waals surface area contributed by atoms with Gasteiger partial charge in [0.25, 0.3) is 0 Å². The molecule has 0 atom stereocenters. The molecule has 5 nitrogen and oxygen atoms in total. The van der Waals surface area contributed by atoms with E-state index in [4.69, 9.17) is 9.15 Å². The van der Waals surface area contributed by atoms with E-state index in [0.29, 0.717) is 16.5 Å². The van der Waals surface area contributed by atoms with Crippen LogP contribution in [-0.4, -0.2) is 10.9 Å². The van der Waals surface area contributed by atoms with E-state index in [1.54, 1.807) is 24.3 Å². The highest BCUT2D eigenvalue weighted by Gasteiger charge is 2.27. The Bertz CT molecular complexity index is 1040. The molecule has 0 fully saturated rings. The molecule has 2 heterocycles. The summed E-state index contributed by atoms with van der Waals surface area (Å²) in [5.41, 5.74) is 0.810. The fraction of sp³-hybridized carbons (Fsp3) is 0. The number of carbonyl (C=O) groups is 1. The van der Waals surface area contributed by atoms with Crippen molar-refractivity contribution in [2.45, 2.75) is 0 Å². The first-order valence-electron chi connectivity index (χ1n) is 6.91. The molecule has 4 rings (SSSR count). The van der Waals surface area contributed by atoms with E-state index in [2.05, 4.69) is 0 Å². The van der Waals surface area contributed by atoms with Gasteiger partial charge in [0.2, 0.25) is 5.78 Å². The van der Waals surface area contributed by atoms with Crippen LogP contribution in [-0.2, 0) is 0 Å². The zero-order valence-corrected chi connectivity index (χ0v) is 11.8. The Hall–Kier alpha value is -3.34. The van der Waals surface area contributed by atoms with Crippen molar-refractivity contribution in [2.24, 2.45) is 0 Å². The standard InChI is InChI=1S/C18H10O5/c19-11-5-6-13-15(8-11)23-16(18(13)21)7-10-9-22-14-4-2-1-3-12(14)17(10)20/h1-9,19H/b16-7-. The zero-order chi connectivity index (χ0) is 16.0. The lowest BCUT2D eigenvalue weighted by molar-refractivity contribution is 0.101. The van der Waals surface area contributed by atoms with Crippen LogP contribution in [0.2, 0.25) is 0 Å². The van der Waals surface area contributed by atoms with Crippen LogP contribution in [0.1, 0.15) is 15.9 Å². The number of rotatable bonds is 1. The van der Waals surface area contributed by atoms with Crippen molar-refractivity contribution in [3.8, 4) is 11.5 Å². The fourth-order valence-corrected chi connectivity index (χ4v) is 2.51. The Labute approximate surface area is 130 Å². The van der Waals surface area contributed by atoms with Crippen LogP contribution in [0, 0.1) is 0 Å². The van der Waals surface area contributed by atoms with E-state index in [1.165, 1.54) is 30.5 Å². The maximum Gasteiger partial charge on any atom is 0.231 e. The zero-order valence-electron chi connectivity index (χ0n) is 11.8. The van der Waals surface area contributed by atoms with Gasteiger partial charge in [-0.05, 0) is 30.3 Å². The predicted molar refractivity (Wildman–Crippen MR) is 83.5 cm³/mol. The van der Waals surface area contributed by atoms with Crippen molar-refractivity contribution in [2.75, 3.05) is 0 Å². The molecule has 1 aromatic heterocycles. The number of phenolic OH excluding ortho intramolecular Hbond substituents is 1. The molecule has 0 amide bonds. The second kappa shape index (κ2) is 4.84. The summed E-state index contributed by atoms with van der Waals surface area (Å²) in [5.74, 6) is -0.0461. The molecule has 1 aliphatic heterocycles. The highest BCUT2D eigenvalue weighted by molar-refractivity contribution is 6.14. The second-order valence-electron chi connectivity index (χ2n) is 5.14. The number of Topliss-reactive ketones (excluding diaryl/α,β-unsaturated/α-hetero) is 1. The van der Waals surface area contributed by atoms with Gasteiger partial charge in [-0.2, -0.15) is 0 Å². The maximum absolute atomic E-state index is 12.4. The largest absolute Gasteiger partial charge is 0.508 e. The number of allylic oxidation sites excluding steroid dienone is 1. The van der Waals surface area contributed by atoms with E-state index in [9.17, 15) is 14.7 Å². The number of phenols is 1. The number of benzene rings is 2. The third-order valence-corrected chi connectivity index (χ3v) is 3.65. The van der Waals surface area contributed by atoms with E-state index in [1.807, 2.05) is 0 Å². The van der Waals surface area contributed by atoms with Crippen LogP contribution in [0.25, 0.3) is 17.0 Å². The number of carbonyl (C=O) groups excluding carboxylic acids is 1. The van der Waals surface area contributed by atoms with Gasteiger partial charge < -0.3 is 14.3 Å². The van der Waals surface area contributed by atoms with E-state index in [0.717, 1.165) is 0 Å². The van der Waals surface area contributed by atoms with Gasteiger partial charge in [-0.25, -0.2) is 0 Å². The minimum Gasteiger partial charge on any atom is -0.508 e. The summed E-state index contributed by atoms with van der Waals surface area (Å²) in [6, 6.07) is 11.1. The Morgan fingerprint density at radius 2 is 1.87 bits per heavy atom. The number of ether oxygens (including phenoxy) is 1. The number of ketones is 1. The average Bonchev–Trinajstić information content (AvgIpc) is 2.86. The first-order valence-corrected chi connectivity index (χ1v) is 6.91. The molecule has 3 aromatic rings. The van der Waals surface area contributed by atoms with E-state index < -0.39 is 0 Å². The van der Waals surface area contributed by atoms with Gasteiger partial charge in [0, 0.05) is 6.07 Å². The summed E-state index contributed by atoms with van der Waals surface area (Å²) in [7, 11) is 0. The van der Waals surface area contributed by atoms with Crippen LogP contribution >= 0.6 is 0 Å². The van der Waals surface area contributed by atoms with Crippen molar-refractivity contribution >= 4 is 22.8 Å². The molecule has 23 heavy (non-hydrogen) atoms. The lowest BCUT2D eigenvalue weighted by Gasteiger charge is -2.00. The quantitative estimate of drug-likeness (QED) is 0.699. The lowest BCUT2D eigenvalue weighted by Crippen LogP contribution is -2.07. The molecule has 0 saturated heterocycles. The number of para-hydroxylation sites is 1. The molecule has 1 N–H and O–H groups in total. The van der Waals surface area contributed by atoms with Gasteiger partial charge in [0.15, 0.2) is 11.2 Å². The van der Waals surface area contributed by atoms with Crippen LogP contribution in [0.4, 0.5) is 0 Å². The Kier molecular flexibility index (Phi) is 2.81. The first-order chi connectivity index (χ1) is 11.1. The number of hydrogen-bond donors (Lipinski definition) is 1. The highest BCUT2D eigenvalue weighted by atomic mass is 16.5. The van der Waals surface area contributed by atoms with E-state index >= 15 is 0 Å². The SMILES string of the molecule is O=C1/C(=C/c2coc3ccccc3c2=O)Oc2cc(O)ccc21. The molecule has 0 radical (unpaired) electrons. The summed E-state index contributed by atoms with van der Waals surface area (Å²) < 4.78 is 10.9. The molecule has 1 aliphatic rings. The van der Waals surface area contributed by atoms with Crippen molar-refractivity contribution in [1.29, 1.82) is 0 Å². The van der Waals surface area contributed by atoms with E-state index in [-0.39, 0.29) is 34.0 Å². The predicted octanol–water partition coefficient (Wildman–Crippen LogP) is 3.11. The van der Waals surface area contributed by atoms with Crippen LogP contribution in [0.5, 0.6) is 11.5 Å². The lowest BCUT2D eigenvalue weighted by atomic mass is 10.1. The monoisotopic (exact) mass is 306 g/mol. The topological polar surface area (TPSA) is 76.7 Å². The van der Waals surface area contributed by atoms with Gasteiger partial charge in [0.05, 0.1) is 16.5 Å². The molecule has 112 valence electrons. The van der Waals surface area contributed by atoms with Gasteiger partial charge in [-0.1, -0.05) is 12.1 Å². The molecule has 5 heteroatoms. The molecule has 0 spiro atoms. The summed E-state index contributed by atoms with van der Waals surface area (Å²) in [6.45, 7) is 0. The molecule has 2 aromatic carbocycles. The maximum atomic E-state index is 12.4. The third-order valence-electron chi connectivity index (χ3n) is 3.65. The highest BCUT2D eigenvalue weighted by Crippen LogP contribution is 2.34. The molecule has 0 unspecified atom stereocenters. The molecule has 0 saturated carbocycles. The Morgan fingerprint density at radius 3 is 2.74 bits per heavy atom. The molecular weight excluding hydrogens is 296 g/mol. The van der Waals surface area contributed by atoms with Gasteiger partial charge in [-0.15, -0.1) is 0 Å². The van der Waals surface area contributed by atoms with Crippen LogP contribution in [0.15, 0.2) is 63.7 Å². The van der Waals surface area contributed by atoms with Crippen LogP contribution in [0.3, 0.4) is 0 Å². The second-order valence-corrected chi connectivity index (χ2v) is 5.14. The minimum absolute atomic E-state index is 0.00280. The van der Waals surface area contributed by atoms with Crippen molar-refractivity contribution in [1.82, 2.24) is 0 Å². The summed E-state index contributed by atoms with van der Waals surface area (Å²) in [4.78, 5) is 24.7. The van der Waals surface area contributed by atoms with Crippen molar-refractivity contribution < 1.29 is 19.1 Å². The molecule has 0 aliphatic carbocycles. The van der Waals surface area contributed by atoms with Gasteiger partial charge in [0.1, 0.15) is 23.3 Å². The summed E-state index contributed by atoms with van der Waals surface area (Å²) >= 11 is 0. The van der Waals surface area contributed by atoms with Crippen molar-refractivity contribution in [3.05, 3.63) is 75.8 Å². The van der Waals surface area contributed by atoms with Crippen LogP contribution < -0.4 is 10.2 Å². The molecular formula is C18H10O5. The molecule has 0 bridgehead atoms. The first kappa shape index (κ1) is 13.3. The Balaban J connectivity index is 1.82. The van der Waals surface area contributed by atoms with Gasteiger partial charge >= 0.3 is 0 Å². The average molecular weight is 306 g/mol. The van der Waals surface area contributed by atoms with Gasteiger partial charge in [-0.3, -0.25) is 9.59 Å².